The number of rotatable bonds is 3. The number of halogens is 1. The molecule has 1 aromatic carbocycles. The van der Waals surface area contributed by atoms with Gasteiger partial charge in [-0.3, -0.25) is 4.79 Å². The normalized spacial score (nSPS) is 10.1. The zero-order valence-corrected chi connectivity index (χ0v) is 11.7. The molecule has 0 aliphatic heterocycles. The Balaban J connectivity index is 2.30. The van der Waals surface area contributed by atoms with E-state index in [-0.39, 0.29) is 16.9 Å². The molecule has 7 heteroatoms. The average Bonchev–Trinajstić information content (AvgIpc) is 2.41. The number of pyridine rings is 1. The predicted molar refractivity (Wildman–Crippen MR) is 77.7 cm³/mol. The van der Waals surface area contributed by atoms with Gasteiger partial charge in [-0.15, -0.1) is 0 Å². The van der Waals surface area contributed by atoms with Crippen LogP contribution in [0.15, 0.2) is 41.0 Å². The molecule has 102 valence electrons. The Morgan fingerprint density at radius 1 is 1.30 bits per heavy atom. The van der Waals surface area contributed by atoms with E-state index in [4.69, 9.17) is 10.8 Å². The van der Waals surface area contributed by atoms with E-state index >= 15 is 0 Å². The highest BCUT2D eigenvalue weighted by atomic mass is 79.9. The number of nitrogens with one attached hydrogen (secondary N) is 1. The number of anilines is 2. The Hall–Kier alpha value is -2.41. The van der Waals surface area contributed by atoms with Gasteiger partial charge in [0.2, 0.25) is 0 Å². The molecule has 0 spiro atoms. The minimum Gasteiger partial charge on any atom is -0.478 e. The van der Waals surface area contributed by atoms with Crippen molar-refractivity contribution < 1.29 is 14.7 Å². The van der Waals surface area contributed by atoms with E-state index in [1.54, 1.807) is 18.2 Å². The van der Waals surface area contributed by atoms with Crippen LogP contribution < -0.4 is 11.1 Å². The highest BCUT2D eigenvalue weighted by molar-refractivity contribution is 9.10. The Labute approximate surface area is 122 Å². The number of carboxylic acids is 1. The van der Waals surface area contributed by atoms with Gasteiger partial charge in [0.05, 0.1) is 16.9 Å². The van der Waals surface area contributed by atoms with E-state index in [9.17, 15) is 9.59 Å². The van der Waals surface area contributed by atoms with Crippen LogP contribution in [0.25, 0.3) is 0 Å². The van der Waals surface area contributed by atoms with Crippen molar-refractivity contribution in [3.05, 3.63) is 52.3 Å². The van der Waals surface area contributed by atoms with Gasteiger partial charge in [-0.05, 0) is 46.3 Å². The fourth-order valence-electron chi connectivity index (χ4n) is 1.54. The SMILES string of the molecule is Nc1cccnc1C(=O)Nc1cc(C(=O)O)ccc1Br. The molecule has 2 aromatic rings. The molecule has 0 aliphatic rings. The highest BCUT2D eigenvalue weighted by Gasteiger charge is 2.14. The number of nitrogens with two attached hydrogens (primary N) is 1. The zero-order chi connectivity index (χ0) is 14.7. The smallest absolute Gasteiger partial charge is 0.335 e. The summed E-state index contributed by atoms with van der Waals surface area (Å²) < 4.78 is 0.561. The first-order valence-corrected chi connectivity index (χ1v) is 6.33. The lowest BCUT2D eigenvalue weighted by Gasteiger charge is -2.09. The van der Waals surface area contributed by atoms with Crippen LogP contribution in [0.1, 0.15) is 20.8 Å². The lowest BCUT2D eigenvalue weighted by molar-refractivity contribution is 0.0696. The maximum atomic E-state index is 12.0. The lowest BCUT2D eigenvalue weighted by Crippen LogP contribution is -2.16. The minimum atomic E-state index is -1.08. The number of carbonyl (C=O) groups excluding carboxylic acids is 1. The van der Waals surface area contributed by atoms with Gasteiger partial charge < -0.3 is 16.2 Å². The number of aromatic nitrogens is 1. The number of benzene rings is 1. The van der Waals surface area contributed by atoms with Gasteiger partial charge in [0.25, 0.3) is 5.91 Å². The molecule has 0 saturated carbocycles. The summed E-state index contributed by atoms with van der Waals surface area (Å²) in [4.78, 5) is 26.9. The first-order valence-electron chi connectivity index (χ1n) is 5.53. The number of amides is 1. The van der Waals surface area contributed by atoms with E-state index in [0.29, 0.717) is 10.2 Å². The van der Waals surface area contributed by atoms with E-state index in [0.717, 1.165) is 0 Å². The Morgan fingerprint density at radius 3 is 2.70 bits per heavy atom. The van der Waals surface area contributed by atoms with E-state index in [2.05, 4.69) is 26.2 Å². The van der Waals surface area contributed by atoms with Crippen molar-refractivity contribution >= 4 is 39.2 Å². The number of carbonyl (C=O) groups is 2. The number of hydrogen-bond acceptors (Lipinski definition) is 4. The maximum absolute atomic E-state index is 12.0. The van der Waals surface area contributed by atoms with Gasteiger partial charge in [-0.1, -0.05) is 0 Å². The van der Waals surface area contributed by atoms with Crippen LogP contribution in [0.2, 0.25) is 0 Å². The number of nitrogens with zero attached hydrogens (tertiary/aromatic N) is 1. The topological polar surface area (TPSA) is 105 Å². The fraction of sp³-hybridized carbons (Fsp3) is 0. The summed E-state index contributed by atoms with van der Waals surface area (Å²) in [5.41, 5.74) is 6.39. The first-order chi connectivity index (χ1) is 9.49. The van der Waals surface area contributed by atoms with Crippen molar-refractivity contribution in [2.24, 2.45) is 0 Å². The third-order valence-electron chi connectivity index (χ3n) is 2.52. The molecule has 0 fully saturated rings. The molecule has 1 aromatic heterocycles. The third kappa shape index (κ3) is 2.94. The second-order valence-electron chi connectivity index (χ2n) is 3.90. The van der Waals surface area contributed by atoms with E-state index in [1.807, 2.05) is 0 Å². The molecule has 0 bridgehead atoms. The molecule has 0 radical (unpaired) electrons. The minimum absolute atomic E-state index is 0.0671. The molecular formula is C13H10BrN3O3. The van der Waals surface area contributed by atoms with E-state index in [1.165, 1.54) is 18.3 Å². The van der Waals surface area contributed by atoms with Crippen molar-refractivity contribution in [2.75, 3.05) is 11.1 Å². The second kappa shape index (κ2) is 5.70. The van der Waals surface area contributed by atoms with Gasteiger partial charge >= 0.3 is 5.97 Å². The van der Waals surface area contributed by atoms with Gasteiger partial charge in [0.1, 0.15) is 0 Å². The van der Waals surface area contributed by atoms with Crippen molar-refractivity contribution in [1.82, 2.24) is 4.98 Å². The Morgan fingerprint density at radius 2 is 2.05 bits per heavy atom. The molecule has 0 unspecified atom stereocenters. The Bertz CT molecular complexity index is 688. The molecule has 0 atom stereocenters. The van der Waals surface area contributed by atoms with Crippen molar-refractivity contribution in [1.29, 1.82) is 0 Å². The summed E-state index contributed by atoms with van der Waals surface area (Å²) in [6.07, 6.45) is 1.45. The number of aromatic carboxylic acids is 1. The number of hydrogen-bond donors (Lipinski definition) is 3. The van der Waals surface area contributed by atoms with Crippen LogP contribution in [-0.4, -0.2) is 22.0 Å². The molecule has 2 rings (SSSR count). The summed E-state index contributed by atoms with van der Waals surface area (Å²) in [6.45, 7) is 0. The number of carboxylic acid groups (broad SMARTS) is 1. The fourth-order valence-corrected chi connectivity index (χ4v) is 1.89. The summed E-state index contributed by atoms with van der Waals surface area (Å²) in [7, 11) is 0. The van der Waals surface area contributed by atoms with Crippen LogP contribution >= 0.6 is 15.9 Å². The third-order valence-corrected chi connectivity index (χ3v) is 3.21. The summed E-state index contributed by atoms with van der Waals surface area (Å²) in [5, 5.41) is 11.5. The molecule has 4 N–H and O–H groups in total. The summed E-state index contributed by atoms with van der Waals surface area (Å²) in [6, 6.07) is 7.50. The van der Waals surface area contributed by atoms with Crippen LogP contribution in [-0.2, 0) is 0 Å². The first kappa shape index (κ1) is 14.0. The van der Waals surface area contributed by atoms with Crippen LogP contribution in [0.4, 0.5) is 11.4 Å². The average molecular weight is 336 g/mol. The van der Waals surface area contributed by atoms with Gasteiger partial charge in [0, 0.05) is 10.7 Å². The second-order valence-corrected chi connectivity index (χ2v) is 4.75. The van der Waals surface area contributed by atoms with Crippen molar-refractivity contribution in [3.8, 4) is 0 Å². The lowest BCUT2D eigenvalue weighted by atomic mass is 10.2. The van der Waals surface area contributed by atoms with Crippen molar-refractivity contribution in [2.45, 2.75) is 0 Å². The molecule has 0 saturated heterocycles. The monoisotopic (exact) mass is 335 g/mol. The van der Waals surface area contributed by atoms with Gasteiger partial charge in [-0.2, -0.15) is 0 Å². The van der Waals surface area contributed by atoms with E-state index < -0.39 is 11.9 Å². The van der Waals surface area contributed by atoms with Crippen LogP contribution in [0.5, 0.6) is 0 Å². The molecular weight excluding hydrogens is 326 g/mol. The quantitative estimate of drug-likeness (QED) is 0.798. The molecule has 1 amide bonds. The maximum Gasteiger partial charge on any atom is 0.335 e. The Kier molecular flexibility index (Phi) is 3.99. The standard InChI is InChI=1S/C13H10BrN3O3/c14-8-4-3-7(13(19)20)6-10(8)17-12(18)11-9(15)2-1-5-16-11/h1-6H,15H2,(H,17,18)(H,19,20). The summed E-state index contributed by atoms with van der Waals surface area (Å²) >= 11 is 3.24. The number of nitrogen functional groups attached to an aromatic ring is 1. The highest BCUT2D eigenvalue weighted by Crippen LogP contribution is 2.24. The molecule has 0 aliphatic carbocycles. The molecule has 20 heavy (non-hydrogen) atoms. The van der Waals surface area contributed by atoms with Crippen molar-refractivity contribution in [3.63, 3.8) is 0 Å². The zero-order valence-electron chi connectivity index (χ0n) is 10.1. The van der Waals surface area contributed by atoms with Crippen LogP contribution in [0, 0.1) is 0 Å². The van der Waals surface area contributed by atoms with Gasteiger partial charge in [-0.25, -0.2) is 9.78 Å². The molecule has 1 heterocycles. The molecule has 6 nitrogen and oxygen atoms in total. The van der Waals surface area contributed by atoms with Gasteiger partial charge in [0.15, 0.2) is 5.69 Å². The van der Waals surface area contributed by atoms with Crippen LogP contribution in [0.3, 0.4) is 0 Å². The summed E-state index contributed by atoms with van der Waals surface area (Å²) in [5.74, 6) is -1.59. The largest absolute Gasteiger partial charge is 0.478 e. The predicted octanol–water partition coefficient (Wildman–Crippen LogP) is 2.38.